The summed E-state index contributed by atoms with van der Waals surface area (Å²) in [5.41, 5.74) is 0. The average molecular weight is 263 g/mol. The van der Waals surface area contributed by atoms with Gasteiger partial charge in [-0.05, 0) is 25.1 Å². The predicted octanol–water partition coefficient (Wildman–Crippen LogP) is 3.32. The summed E-state index contributed by atoms with van der Waals surface area (Å²) in [6, 6.07) is 4.95. The molecule has 1 atom stereocenters. The van der Waals surface area contributed by atoms with Crippen molar-refractivity contribution < 1.29 is 14.3 Å². The average Bonchev–Trinajstić information content (AvgIpc) is 2.19. The largest absolute Gasteiger partial charge is 0.486 e. The Morgan fingerprint density at radius 3 is 2.69 bits per heavy atom. The summed E-state index contributed by atoms with van der Waals surface area (Å²) in [5.74, 6) is 0.184. The van der Waals surface area contributed by atoms with Gasteiger partial charge in [-0.3, -0.25) is 4.79 Å². The molecule has 1 rings (SSSR count). The van der Waals surface area contributed by atoms with Gasteiger partial charge in [-0.15, -0.1) is 0 Å². The SMILES string of the molecule is CC(=O)OC[C@H](C)Oc1ccc(Cl)cc1Cl. The minimum Gasteiger partial charge on any atom is -0.486 e. The smallest absolute Gasteiger partial charge is 0.302 e. The van der Waals surface area contributed by atoms with Crippen LogP contribution in [0, 0.1) is 0 Å². The minimum atomic E-state index is -0.336. The van der Waals surface area contributed by atoms with Crippen molar-refractivity contribution in [1.29, 1.82) is 0 Å². The van der Waals surface area contributed by atoms with Gasteiger partial charge in [0.05, 0.1) is 5.02 Å². The summed E-state index contributed by atoms with van der Waals surface area (Å²) in [5, 5.41) is 0.979. The first-order valence-corrected chi connectivity index (χ1v) is 5.49. The molecule has 0 fully saturated rings. The first-order valence-electron chi connectivity index (χ1n) is 4.74. The Balaban J connectivity index is 2.55. The highest BCUT2D eigenvalue weighted by Gasteiger charge is 2.09. The Kier molecular flexibility index (Phi) is 4.90. The van der Waals surface area contributed by atoms with Gasteiger partial charge >= 0.3 is 5.97 Å². The highest BCUT2D eigenvalue weighted by Crippen LogP contribution is 2.28. The summed E-state index contributed by atoms with van der Waals surface area (Å²) in [6.07, 6.45) is -0.262. The van der Waals surface area contributed by atoms with E-state index in [4.69, 9.17) is 32.7 Å². The molecule has 0 spiro atoms. The fourth-order valence-electron chi connectivity index (χ4n) is 1.06. The van der Waals surface area contributed by atoms with Gasteiger partial charge in [0.25, 0.3) is 0 Å². The number of carbonyl (C=O) groups is 1. The molecule has 0 saturated heterocycles. The van der Waals surface area contributed by atoms with Crippen molar-refractivity contribution in [3.05, 3.63) is 28.2 Å². The third kappa shape index (κ3) is 4.29. The van der Waals surface area contributed by atoms with Crippen LogP contribution in [0.5, 0.6) is 5.75 Å². The van der Waals surface area contributed by atoms with Crippen LogP contribution in [0.2, 0.25) is 10.0 Å². The number of hydrogen-bond donors (Lipinski definition) is 0. The van der Waals surface area contributed by atoms with Crippen LogP contribution < -0.4 is 4.74 Å². The van der Waals surface area contributed by atoms with E-state index in [0.717, 1.165) is 0 Å². The van der Waals surface area contributed by atoms with Gasteiger partial charge in [0.15, 0.2) is 0 Å². The Morgan fingerprint density at radius 2 is 2.12 bits per heavy atom. The number of carbonyl (C=O) groups excluding carboxylic acids is 1. The maximum atomic E-state index is 10.6. The summed E-state index contributed by atoms with van der Waals surface area (Å²) in [4.78, 5) is 10.6. The Labute approximate surface area is 104 Å². The maximum absolute atomic E-state index is 10.6. The molecular formula is C11H12Cl2O3. The second-order valence-electron chi connectivity index (χ2n) is 3.31. The van der Waals surface area contributed by atoms with Gasteiger partial charge in [0.2, 0.25) is 0 Å². The molecule has 0 aliphatic heterocycles. The van der Waals surface area contributed by atoms with E-state index in [9.17, 15) is 4.79 Å². The van der Waals surface area contributed by atoms with Gasteiger partial charge in [-0.2, -0.15) is 0 Å². The van der Waals surface area contributed by atoms with E-state index in [2.05, 4.69) is 0 Å². The summed E-state index contributed by atoms with van der Waals surface area (Å²) in [7, 11) is 0. The molecule has 3 nitrogen and oxygen atoms in total. The van der Waals surface area contributed by atoms with Crippen LogP contribution in [0.4, 0.5) is 0 Å². The molecule has 0 saturated carbocycles. The number of rotatable bonds is 4. The Morgan fingerprint density at radius 1 is 1.44 bits per heavy atom. The van der Waals surface area contributed by atoms with Gasteiger partial charge in [0, 0.05) is 11.9 Å². The van der Waals surface area contributed by atoms with Gasteiger partial charge in [0.1, 0.15) is 18.5 Å². The molecule has 1 aromatic rings. The molecule has 88 valence electrons. The van der Waals surface area contributed by atoms with Crippen LogP contribution in [0.3, 0.4) is 0 Å². The zero-order chi connectivity index (χ0) is 12.1. The molecule has 0 aliphatic rings. The van der Waals surface area contributed by atoms with Gasteiger partial charge < -0.3 is 9.47 Å². The summed E-state index contributed by atoms with van der Waals surface area (Å²) < 4.78 is 10.3. The highest BCUT2D eigenvalue weighted by atomic mass is 35.5. The van der Waals surface area contributed by atoms with Crippen molar-refractivity contribution >= 4 is 29.2 Å². The fraction of sp³-hybridized carbons (Fsp3) is 0.364. The molecule has 0 unspecified atom stereocenters. The predicted molar refractivity (Wildman–Crippen MR) is 63.2 cm³/mol. The van der Waals surface area contributed by atoms with E-state index in [1.165, 1.54) is 6.92 Å². The van der Waals surface area contributed by atoms with Crippen molar-refractivity contribution in [3.63, 3.8) is 0 Å². The lowest BCUT2D eigenvalue weighted by atomic mass is 10.3. The van der Waals surface area contributed by atoms with Crippen molar-refractivity contribution in [2.75, 3.05) is 6.61 Å². The molecule has 0 aromatic heterocycles. The van der Waals surface area contributed by atoms with Crippen LogP contribution in [0.1, 0.15) is 13.8 Å². The summed E-state index contributed by atoms with van der Waals surface area (Å²) >= 11 is 11.7. The highest BCUT2D eigenvalue weighted by molar-refractivity contribution is 6.35. The Hall–Kier alpha value is -0.930. The molecule has 0 radical (unpaired) electrons. The van der Waals surface area contributed by atoms with Crippen molar-refractivity contribution in [2.45, 2.75) is 20.0 Å². The molecule has 0 heterocycles. The topological polar surface area (TPSA) is 35.5 Å². The Bertz CT molecular complexity index is 379. The quantitative estimate of drug-likeness (QED) is 0.781. The van der Waals surface area contributed by atoms with Crippen molar-refractivity contribution in [1.82, 2.24) is 0 Å². The van der Waals surface area contributed by atoms with E-state index in [0.29, 0.717) is 15.8 Å². The molecule has 0 bridgehead atoms. The fourth-order valence-corrected chi connectivity index (χ4v) is 1.51. The number of benzene rings is 1. The van der Waals surface area contributed by atoms with Gasteiger partial charge in [-0.1, -0.05) is 23.2 Å². The van der Waals surface area contributed by atoms with E-state index < -0.39 is 0 Å². The molecular weight excluding hydrogens is 251 g/mol. The lowest BCUT2D eigenvalue weighted by Crippen LogP contribution is -2.20. The zero-order valence-corrected chi connectivity index (χ0v) is 10.5. The van der Waals surface area contributed by atoms with E-state index in [1.54, 1.807) is 25.1 Å². The van der Waals surface area contributed by atoms with Crippen molar-refractivity contribution in [3.8, 4) is 5.75 Å². The third-order valence-corrected chi connectivity index (χ3v) is 2.27. The van der Waals surface area contributed by atoms with E-state index >= 15 is 0 Å². The van der Waals surface area contributed by atoms with Gasteiger partial charge in [-0.25, -0.2) is 0 Å². The van der Waals surface area contributed by atoms with Crippen LogP contribution in [0.25, 0.3) is 0 Å². The summed E-state index contributed by atoms with van der Waals surface area (Å²) in [6.45, 7) is 3.32. The molecule has 5 heteroatoms. The number of hydrogen-bond acceptors (Lipinski definition) is 3. The van der Waals surface area contributed by atoms with E-state index in [-0.39, 0.29) is 18.7 Å². The van der Waals surface area contributed by atoms with Crippen molar-refractivity contribution in [2.24, 2.45) is 0 Å². The zero-order valence-electron chi connectivity index (χ0n) is 9.00. The maximum Gasteiger partial charge on any atom is 0.302 e. The first kappa shape index (κ1) is 13.1. The van der Waals surface area contributed by atoms with Crippen LogP contribution in [-0.4, -0.2) is 18.7 Å². The second-order valence-corrected chi connectivity index (χ2v) is 4.15. The monoisotopic (exact) mass is 262 g/mol. The molecule has 0 amide bonds. The normalized spacial score (nSPS) is 12.0. The molecule has 0 N–H and O–H groups in total. The number of esters is 1. The lowest BCUT2D eigenvalue weighted by molar-refractivity contribution is -0.143. The van der Waals surface area contributed by atoms with Crippen LogP contribution in [-0.2, 0) is 9.53 Å². The van der Waals surface area contributed by atoms with E-state index in [1.807, 2.05) is 0 Å². The molecule has 16 heavy (non-hydrogen) atoms. The first-order chi connectivity index (χ1) is 7.49. The number of halogens is 2. The molecule has 1 aromatic carbocycles. The molecule has 0 aliphatic carbocycles. The second kappa shape index (κ2) is 5.97. The third-order valence-electron chi connectivity index (χ3n) is 1.74. The minimum absolute atomic E-state index is 0.189. The van der Waals surface area contributed by atoms with Crippen LogP contribution >= 0.6 is 23.2 Å². The lowest BCUT2D eigenvalue weighted by Gasteiger charge is -2.15. The standard InChI is InChI=1S/C11H12Cl2O3/c1-7(6-15-8(2)14)16-11-4-3-9(12)5-10(11)13/h3-5,7H,6H2,1-2H3/t7-/m0/s1. The number of ether oxygens (including phenoxy) is 2. The van der Waals surface area contributed by atoms with Crippen LogP contribution in [0.15, 0.2) is 18.2 Å².